The third kappa shape index (κ3) is 1.77. The molecular formula is C11H11BrO3. The monoisotopic (exact) mass is 270 g/mol. The zero-order valence-corrected chi connectivity index (χ0v) is 9.70. The Morgan fingerprint density at radius 3 is 2.80 bits per heavy atom. The van der Waals surface area contributed by atoms with E-state index < -0.39 is 0 Å². The summed E-state index contributed by atoms with van der Waals surface area (Å²) < 4.78 is 17.7. The van der Waals surface area contributed by atoms with Gasteiger partial charge in [-0.05, 0) is 23.8 Å². The molecule has 2 heterocycles. The number of hydrogen-bond donors (Lipinski definition) is 0. The molecule has 2 aliphatic heterocycles. The molecule has 1 unspecified atom stereocenters. The van der Waals surface area contributed by atoms with E-state index in [2.05, 4.69) is 22.0 Å². The van der Waals surface area contributed by atoms with Gasteiger partial charge in [0.25, 0.3) is 0 Å². The fourth-order valence-electron chi connectivity index (χ4n) is 1.99. The molecule has 0 saturated carbocycles. The molecule has 1 atom stereocenters. The summed E-state index contributed by atoms with van der Waals surface area (Å²) in [6.45, 7) is 1.34. The second-order valence-electron chi connectivity index (χ2n) is 3.72. The second kappa shape index (κ2) is 3.77. The number of rotatable bonds is 1. The number of halogens is 1. The molecule has 1 saturated heterocycles. The van der Waals surface area contributed by atoms with E-state index in [1.165, 1.54) is 5.56 Å². The highest BCUT2D eigenvalue weighted by atomic mass is 79.9. The third-order valence-corrected chi connectivity index (χ3v) is 3.17. The molecule has 3 rings (SSSR count). The van der Waals surface area contributed by atoms with Crippen molar-refractivity contribution in [1.82, 2.24) is 0 Å². The van der Waals surface area contributed by atoms with Crippen LogP contribution in [0, 0.1) is 0 Å². The Morgan fingerprint density at radius 2 is 2.00 bits per heavy atom. The van der Waals surface area contributed by atoms with Gasteiger partial charge in [0.15, 0.2) is 12.4 Å². The molecule has 0 spiro atoms. The summed E-state index contributed by atoms with van der Waals surface area (Å²) >= 11 is 3.45. The van der Waals surface area contributed by atoms with E-state index in [1.54, 1.807) is 0 Å². The van der Waals surface area contributed by atoms with Crippen LogP contribution in [0.15, 0.2) is 22.7 Å². The topological polar surface area (TPSA) is 27.7 Å². The minimum Gasteiger partial charge on any atom is -0.484 e. The van der Waals surface area contributed by atoms with Crippen LogP contribution in [0.25, 0.3) is 0 Å². The lowest BCUT2D eigenvalue weighted by atomic mass is 10.1. The lowest BCUT2D eigenvalue weighted by Crippen LogP contribution is -2.30. The molecule has 0 amide bonds. The van der Waals surface area contributed by atoms with Gasteiger partial charge in [-0.2, -0.15) is 0 Å². The highest BCUT2D eigenvalue weighted by molar-refractivity contribution is 9.10. The molecule has 2 aliphatic rings. The van der Waals surface area contributed by atoms with E-state index in [0.717, 1.165) is 16.6 Å². The minimum atomic E-state index is -0.198. The fourth-order valence-corrected chi connectivity index (χ4v) is 2.40. The first-order valence-corrected chi connectivity index (χ1v) is 5.80. The first-order chi connectivity index (χ1) is 7.33. The van der Waals surface area contributed by atoms with Crippen LogP contribution in [-0.4, -0.2) is 25.6 Å². The summed E-state index contributed by atoms with van der Waals surface area (Å²) in [5.74, 6) is 0.947. The van der Waals surface area contributed by atoms with Crippen molar-refractivity contribution in [1.29, 1.82) is 0 Å². The Balaban J connectivity index is 1.79. The molecule has 1 aromatic rings. The van der Waals surface area contributed by atoms with Crippen LogP contribution in [0.4, 0.5) is 0 Å². The maximum absolute atomic E-state index is 5.78. The van der Waals surface area contributed by atoms with Crippen molar-refractivity contribution in [2.75, 3.05) is 13.2 Å². The van der Waals surface area contributed by atoms with Gasteiger partial charge in [-0.3, -0.25) is 0 Å². The van der Waals surface area contributed by atoms with Crippen LogP contribution < -0.4 is 4.74 Å². The average molecular weight is 271 g/mol. The van der Waals surface area contributed by atoms with Crippen LogP contribution in [0.2, 0.25) is 0 Å². The number of ether oxygens (including phenoxy) is 3. The summed E-state index contributed by atoms with van der Waals surface area (Å²) in [5.41, 5.74) is 1.22. The first-order valence-electron chi connectivity index (χ1n) is 5.01. The van der Waals surface area contributed by atoms with Crippen molar-refractivity contribution in [3.8, 4) is 5.75 Å². The van der Waals surface area contributed by atoms with E-state index in [0.29, 0.717) is 13.2 Å². The van der Waals surface area contributed by atoms with Gasteiger partial charge in [0.2, 0.25) is 0 Å². The lowest BCUT2D eigenvalue weighted by molar-refractivity contribution is -0.104. The van der Waals surface area contributed by atoms with Gasteiger partial charge in [-0.25, -0.2) is 0 Å². The van der Waals surface area contributed by atoms with Gasteiger partial charge in [0.05, 0.1) is 13.2 Å². The largest absolute Gasteiger partial charge is 0.484 e. The van der Waals surface area contributed by atoms with Gasteiger partial charge >= 0.3 is 0 Å². The van der Waals surface area contributed by atoms with E-state index in [4.69, 9.17) is 14.2 Å². The summed E-state index contributed by atoms with van der Waals surface area (Å²) in [5, 5.41) is 0. The standard InChI is InChI=1S/C11H11BrO3/c12-8-1-2-9-7(5-8)6-10(15-9)11-13-3-4-14-11/h1-2,5,10-11H,3-4,6H2. The van der Waals surface area contributed by atoms with Crippen molar-refractivity contribution in [3.05, 3.63) is 28.2 Å². The molecule has 0 radical (unpaired) electrons. The SMILES string of the molecule is Brc1ccc2c(c1)CC(C1OCCO1)O2. The molecule has 4 heteroatoms. The van der Waals surface area contributed by atoms with Crippen LogP contribution in [-0.2, 0) is 15.9 Å². The van der Waals surface area contributed by atoms with Gasteiger partial charge < -0.3 is 14.2 Å². The summed E-state index contributed by atoms with van der Waals surface area (Å²) in [6.07, 6.45) is 0.673. The Bertz CT molecular complexity index is 374. The predicted molar refractivity (Wildman–Crippen MR) is 58.0 cm³/mol. The lowest BCUT2D eigenvalue weighted by Gasteiger charge is -2.16. The molecule has 3 nitrogen and oxygen atoms in total. The molecule has 1 aromatic carbocycles. The fraction of sp³-hybridized carbons (Fsp3) is 0.455. The molecule has 0 aromatic heterocycles. The second-order valence-corrected chi connectivity index (χ2v) is 4.64. The quantitative estimate of drug-likeness (QED) is 0.783. The zero-order chi connectivity index (χ0) is 10.3. The van der Waals surface area contributed by atoms with E-state index in [-0.39, 0.29) is 12.4 Å². The van der Waals surface area contributed by atoms with Crippen molar-refractivity contribution < 1.29 is 14.2 Å². The molecule has 0 aliphatic carbocycles. The van der Waals surface area contributed by atoms with Crippen LogP contribution in [0.3, 0.4) is 0 Å². The van der Waals surface area contributed by atoms with E-state index in [1.807, 2.05) is 12.1 Å². The number of fused-ring (bicyclic) bond motifs is 1. The van der Waals surface area contributed by atoms with E-state index >= 15 is 0 Å². The van der Waals surface area contributed by atoms with Gasteiger partial charge in [0.1, 0.15) is 5.75 Å². The van der Waals surface area contributed by atoms with Crippen molar-refractivity contribution in [3.63, 3.8) is 0 Å². The van der Waals surface area contributed by atoms with Gasteiger partial charge in [-0.15, -0.1) is 0 Å². The maximum atomic E-state index is 5.78. The van der Waals surface area contributed by atoms with E-state index in [9.17, 15) is 0 Å². The highest BCUT2D eigenvalue weighted by Gasteiger charge is 2.34. The summed E-state index contributed by atoms with van der Waals surface area (Å²) in [6, 6.07) is 6.05. The maximum Gasteiger partial charge on any atom is 0.195 e. The zero-order valence-electron chi connectivity index (χ0n) is 8.11. The Kier molecular flexibility index (Phi) is 2.42. The molecule has 1 fully saturated rings. The van der Waals surface area contributed by atoms with Crippen molar-refractivity contribution in [2.24, 2.45) is 0 Å². The molecule has 0 N–H and O–H groups in total. The van der Waals surface area contributed by atoms with Crippen LogP contribution in [0.1, 0.15) is 5.56 Å². The normalized spacial score (nSPS) is 25.3. The van der Waals surface area contributed by atoms with Crippen molar-refractivity contribution >= 4 is 15.9 Å². The van der Waals surface area contributed by atoms with Gasteiger partial charge in [-0.1, -0.05) is 15.9 Å². The Labute approximate surface area is 96.5 Å². The molecule has 15 heavy (non-hydrogen) atoms. The molecule has 0 bridgehead atoms. The number of benzene rings is 1. The Hall–Kier alpha value is -0.580. The number of hydrogen-bond acceptors (Lipinski definition) is 3. The molecular weight excluding hydrogens is 260 g/mol. The van der Waals surface area contributed by atoms with Crippen LogP contribution in [0.5, 0.6) is 5.75 Å². The van der Waals surface area contributed by atoms with Crippen LogP contribution >= 0.6 is 15.9 Å². The molecule has 80 valence electrons. The summed E-state index contributed by atoms with van der Waals surface area (Å²) in [7, 11) is 0. The predicted octanol–water partition coefficient (Wildman–Crippen LogP) is 2.13. The summed E-state index contributed by atoms with van der Waals surface area (Å²) in [4.78, 5) is 0. The third-order valence-electron chi connectivity index (χ3n) is 2.67. The highest BCUT2D eigenvalue weighted by Crippen LogP contribution is 2.33. The Morgan fingerprint density at radius 1 is 1.20 bits per heavy atom. The van der Waals surface area contributed by atoms with Gasteiger partial charge in [0, 0.05) is 10.9 Å². The smallest absolute Gasteiger partial charge is 0.195 e. The minimum absolute atomic E-state index is 0.0109. The first kappa shape index (κ1) is 9.63. The van der Waals surface area contributed by atoms with Crippen molar-refractivity contribution in [2.45, 2.75) is 18.8 Å². The average Bonchev–Trinajstić information content (AvgIpc) is 2.84.